The highest BCUT2D eigenvalue weighted by molar-refractivity contribution is 6.24. The maximum atomic E-state index is 6.28. The van der Waals surface area contributed by atoms with E-state index in [0.29, 0.717) is 0 Å². The van der Waals surface area contributed by atoms with Gasteiger partial charge in [-0.05, 0) is 95.4 Å². The maximum Gasteiger partial charge on any atom is 0.135 e. The molecule has 6 aromatic carbocycles. The van der Waals surface area contributed by atoms with Gasteiger partial charge in [0.2, 0.25) is 0 Å². The van der Waals surface area contributed by atoms with E-state index in [2.05, 4.69) is 137 Å². The molecule has 0 aliphatic heterocycles. The second-order valence-corrected chi connectivity index (χ2v) is 13.2. The summed E-state index contributed by atoms with van der Waals surface area (Å²) in [6.45, 7) is 10.2. The Hall–Kier alpha value is -5.08. The van der Waals surface area contributed by atoms with Gasteiger partial charge in [0.25, 0.3) is 0 Å². The minimum atomic E-state index is 0.904. The van der Waals surface area contributed by atoms with Crippen molar-refractivity contribution in [1.82, 2.24) is 0 Å². The van der Waals surface area contributed by atoms with Crippen molar-refractivity contribution < 1.29 is 8.83 Å². The van der Waals surface area contributed by atoms with Gasteiger partial charge in [-0.3, -0.25) is 0 Å². The Morgan fingerprint density at radius 2 is 0.896 bits per heavy atom. The number of furan rings is 2. The molecule has 0 N–H and O–H groups in total. The van der Waals surface area contributed by atoms with E-state index < -0.39 is 0 Å². The second-order valence-electron chi connectivity index (χ2n) is 13.2. The fourth-order valence-corrected chi connectivity index (χ4v) is 7.03. The van der Waals surface area contributed by atoms with Crippen molar-refractivity contribution in [2.24, 2.45) is 0 Å². The second kappa shape index (κ2) is 14.0. The van der Waals surface area contributed by atoms with E-state index in [1.54, 1.807) is 0 Å². The van der Waals surface area contributed by atoms with E-state index in [0.717, 1.165) is 44.6 Å². The van der Waals surface area contributed by atoms with Crippen LogP contribution in [0.1, 0.15) is 63.0 Å². The first-order valence-corrected chi connectivity index (χ1v) is 17.5. The number of rotatable bonds is 9. The van der Waals surface area contributed by atoms with Crippen molar-refractivity contribution in [1.29, 1.82) is 0 Å². The fraction of sp³-hybridized carbons (Fsp3) is 0.217. The van der Waals surface area contributed by atoms with E-state index in [1.807, 2.05) is 6.08 Å². The van der Waals surface area contributed by atoms with Crippen LogP contribution in [0.5, 0.6) is 0 Å². The SMILES string of the molecule is C=CCCCCCCCC.Cc1cccc(-c2cc3c(ccc4c3ccc3c5ccc6oc(-c7cccc(C)c7)cc6c5ccc43)o2)c1. The molecule has 0 bridgehead atoms. The first kappa shape index (κ1) is 31.5. The topological polar surface area (TPSA) is 26.3 Å². The molecule has 8 aromatic rings. The highest BCUT2D eigenvalue weighted by Gasteiger charge is 2.15. The Balaban J connectivity index is 0.000000320. The van der Waals surface area contributed by atoms with Crippen LogP contribution in [-0.4, -0.2) is 0 Å². The molecule has 0 aliphatic carbocycles. The first-order valence-electron chi connectivity index (χ1n) is 17.5. The monoisotopic (exact) mass is 628 g/mol. The van der Waals surface area contributed by atoms with Crippen LogP contribution in [-0.2, 0) is 0 Å². The van der Waals surface area contributed by atoms with E-state index in [1.165, 1.54) is 88.4 Å². The van der Waals surface area contributed by atoms with Gasteiger partial charge in [0.1, 0.15) is 22.7 Å². The zero-order chi connectivity index (χ0) is 33.0. The van der Waals surface area contributed by atoms with Gasteiger partial charge in [0.05, 0.1) is 0 Å². The summed E-state index contributed by atoms with van der Waals surface area (Å²) in [7, 11) is 0. The third kappa shape index (κ3) is 6.28. The average Bonchev–Trinajstić information content (AvgIpc) is 3.75. The number of benzene rings is 6. The third-order valence-corrected chi connectivity index (χ3v) is 9.56. The largest absolute Gasteiger partial charge is 0.456 e. The fourth-order valence-electron chi connectivity index (χ4n) is 7.03. The van der Waals surface area contributed by atoms with E-state index in [4.69, 9.17) is 8.83 Å². The summed E-state index contributed by atoms with van der Waals surface area (Å²) in [6, 6.07) is 38.9. The lowest BCUT2D eigenvalue weighted by atomic mass is 9.94. The van der Waals surface area contributed by atoms with E-state index in [9.17, 15) is 0 Å². The normalized spacial score (nSPS) is 11.5. The van der Waals surface area contributed by atoms with Gasteiger partial charge in [0, 0.05) is 21.9 Å². The summed E-state index contributed by atoms with van der Waals surface area (Å²) in [5.41, 5.74) is 6.49. The zero-order valence-corrected chi connectivity index (χ0v) is 28.4. The van der Waals surface area contributed by atoms with Crippen molar-refractivity contribution in [2.45, 2.75) is 65.7 Å². The third-order valence-electron chi connectivity index (χ3n) is 9.56. The van der Waals surface area contributed by atoms with Crippen LogP contribution in [0.25, 0.3) is 76.9 Å². The van der Waals surface area contributed by atoms with Crippen LogP contribution in [0, 0.1) is 13.8 Å². The van der Waals surface area contributed by atoms with Crippen molar-refractivity contribution in [3.8, 4) is 22.6 Å². The molecule has 48 heavy (non-hydrogen) atoms. The zero-order valence-electron chi connectivity index (χ0n) is 28.4. The Morgan fingerprint density at radius 3 is 1.33 bits per heavy atom. The van der Waals surface area contributed by atoms with Gasteiger partial charge < -0.3 is 8.83 Å². The van der Waals surface area contributed by atoms with Gasteiger partial charge in [-0.15, -0.1) is 6.58 Å². The smallest absolute Gasteiger partial charge is 0.135 e. The molecule has 2 aromatic heterocycles. The van der Waals surface area contributed by atoms with Gasteiger partial charge in [0.15, 0.2) is 0 Å². The molecule has 2 heterocycles. The first-order chi connectivity index (χ1) is 23.5. The number of hydrogen-bond acceptors (Lipinski definition) is 2. The summed E-state index contributed by atoms with van der Waals surface area (Å²) >= 11 is 0. The van der Waals surface area contributed by atoms with Crippen molar-refractivity contribution in [3.05, 3.63) is 133 Å². The molecule has 0 amide bonds. The number of hydrogen-bond donors (Lipinski definition) is 0. The van der Waals surface area contributed by atoms with Crippen LogP contribution >= 0.6 is 0 Å². The number of aryl methyl sites for hydroxylation is 2. The molecule has 240 valence electrons. The predicted molar refractivity (Wildman–Crippen MR) is 207 cm³/mol. The van der Waals surface area contributed by atoms with Crippen LogP contribution in [0.15, 0.2) is 131 Å². The Kier molecular flexibility index (Phi) is 9.16. The van der Waals surface area contributed by atoms with Crippen molar-refractivity contribution in [3.63, 3.8) is 0 Å². The molecule has 0 fully saturated rings. The van der Waals surface area contributed by atoms with Crippen LogP contribution < -0.4 is 0 Å². The van der Waals surface area contributed by atoms with Gasteiger partial charge in [-0.1, -0.05) is 129 Å². The Morgan fingerprint density at radius 1 is 0.479 bits per heavy atom. The molecule has 0 spiro atoms. The molecule has 0 atom stereocenters. The van der Waals surface area contributed by atoms with Crippen LogP contribution in [0.2, 0.25) is 0 Å². The molecule has 0 radical (unpaired) electrons. The predicted octanol–water partition coefficient (Wildman–Crippen LogP) is 14.5. The minimum Gasteiger partial charge on any atom is -0.456 e. The number of unbranched alkanes of at least 4 members (excludes halogenated alkanes) is 6. The maximum absolute atomic E-state index is 6.28. The summed E-state index contributed by atoms with van der Waals surface area (Å²) in [5.74, 6) is 1.81. The molecule has 0 saturated heterocycles. The molecule has 2 nitrogen and oxygen atoms in total. The Bertz CT molecular complexity index is 2220. The van der Waals surface area contributed by atoms with Crippen LogP contribution in [0.4, 0.5) is 0 Å². The van der Waals surface area contributed by atoms with E-state index in [-0.39, 0.29) is 0 Å². The van der Waals surface area contributed by atoms with Crippen molar-refractivity contribution >= 4 is 54.3 Å². The molecule has 8 rings (SSSR count). The van der Waals surface area contributed by atoms with Gasteiger partial charge >= 0.3 is 0 Å². The lowest BCUT2D eigenvalue weighted by molar-refractivity contribution is 0.611. The lowest BCUT2D eigenvalue weighted by Gasteiger charge is -2.08. The van der Waals surface area contributed by atoms with Gasteiger partial charge in [-0.2, -0.15) is 0 Å². The summed E-state index contributed by atoms with van der Waals surface area (Å²) in [5, 5.41) is 9.69. The minimum absolute atomic E-state index is 0.904. The molecule has 2 heteroatoms. The summed E-state index contributed by atoms with van der Waals surface area (Å²) < 4.78 is 12.6. The molecule has 0 saturated carbocycles. The number of fused-ring (bicyclic) bond motifs is 9. The molecular weight excluding hydrogens is 585 g/mol. The molecular formula is C46H44O2. The molecule has 0 unspecified atom stereocenters. The highest BCUT2D eigenvalue weighted by atomic mass is 16.3. The quantitative estimate of drug-likeness (QED) is 0.0903. The Labute approximate surface area is 283 Å². The highest BCUT2D eigenvalue weighted by Crippen LogP contribution is 2.40. The van der Waals surface area contributed by atoms with Crippen LogP contribution in [0.3, 0.4) is 0 Å². The lowest BCUT2D eigenvalue weighted by Crippen LogP contribution is -1.82. The van der Waals surface area contributed by atoms with E-state index >= 15 is 0 Å². The molecule has 0 aliphatic rings. The van der Waals surface area contributed by atoms with Crippen molar-refractivity contribution in [2.75, 3.05) is 0 Å². The average molecular weight is 629 g/mol. The standard InChI is InChI=1S/C36H24O2.C10H20/c1-21-5-3-7-23(17-21)35-19-31-29-11-9-26-25(27(29)13-15-33(31)37-35)10-12-30-28(26)14-16-34-32(30)20-36(38-34)24-8-4-6-22(2)18-24;1-3-5-7-9-10-8-6-4-2/h3-20H,1-2H3;3H,1,4-10H2,2H3. The summed E-state index contributed by atoms with van der Waals surface area (Å²) in [6.07, 6.45) is 11.6. The number of allylic oxidation sites excluding steroid dienone is 1. The van der Waals surface area contributed by atoms with Gasteiger partial charge in [-0.25, -0.2) is 0 Å². The summed E-state index contributed by atoms with van der Waals surface area (Å²) in [4.78, 5) is 0.